The van der Waals surface area contributed by atoms with Crippen molar-refractivity contribution in [2.45, 2.75) is 24.9 Å². The summed E-state index contributed by atoms with van der Waals surface area (Å²) in [5.74, 6) is -6.67. The first-order valence-corrected chi connectivity index (χ1v) is 10.7. The number of rotatable bonds is 2. The van der Waals surface area contributed by atoms with Gasteiger partial charge in [-0.1, -0.05) is 6.07 Å². The van der Waals surface area contributed by atoms with Gasteiger partial charge in [-0.05, 0) is 47.6 Å². The molecule has 1 amide bonds. The highest BCUT2D eigenvalue weighted by Gasteiger charge is 2.59. The molecule has 0 saturated carbocycles. The Morgan fingerprint density at radius 2 is 1.79 bits per heavy atom. The Morgan fingerprint density at radius 1 is 1.12 bits per heavy atom. The molecule has 0 radical (unpaired) electrons. The second-order valence-corrected chi connectivity index (χ2v) is 8.98. The molecule has 0 unspecified atom stereocenters. The van der Waals surface area contributed by atoms with Crippen LogP contribution in [0.1, 0.15) is 28.8 Å². The van der Waals surface area contributed by atoms with Gasteiger partial charge < -0.3 is 26.2 Å². The number of aromatic nitrogens is 2. The number of hydrogen-bond donors (Lipinski definition) is 5. The maximum absolute atomic E-state index is 13.5. The summed E-state index contributed by atoms with van der Waals surface area (Å²) in [4.78, 5) is 46.1. The summed E-state index contributed by atoms with van der Waals surface area (Å²) in [7, 11) is 0. The molecule has 0 aliphatic heterocycles. The molecule has 34 heavy (non-hydrogen) atoms. The third-order valence-corrected chi connectivity index (χ3v) is 7.07. The van der Waals surface area contributed by atoms with Gasteiger partial charge in [0.25, 0.3) is 5.91 Å². The van der Waals surface area contributed by atoms with Crippen LogP contribution in [0, 0.1) is 11.8 Å². The quantitative estimate of drug-likeness (QED) is 0.313. The summed E-state index contributed by atoms with van der Waals surface area (Å²) in [6.45, 7) is 0. The zero-order valence-electron chi connectivity index (χ0n) is 17.4. The summed E-state index contributed by atoms with van der Waals surface area (Å²) < 4.78 is 0. The highest BCUT2D eigenvalue weighted by molar-refractivity contribution is 6.28. The molecule has 11 heteroatoms. The fraction of sp³-hybridized carbons (Fsp3) is 0.261. The number of hydrogen-bond acceptors (Lipinski definition) is 9. The van der Waals surface area contributed by atoms with Gasteiger partial charge in [-0.3, -0.25) is 14.4 Å². The van der Waals surface area contributed by atoms with Crippen LogP contribution in [0.4, 0.5) is 0 Å². The molecule has 3 atom stereocenters. The Balaban J connectivity index is 1.68. The minimum atomic E-state index is -2.59. The van der Waals surface area contributed by atoms with Crippen LogP contribution in [0.2, 0.25) is 5.28 Å². The van der Waals surface area contributed by atoms with E-state index in [2.05, 4.69) is 9.97 Å². The number of allylic oxidation sites excluding steroid dienone is 2. The van der Waals surface area contributed by atoms with E-state index in [1.165, 1.54) is 18.5 Å². The number of nitrogens with zero attached hydrogens (tertiary/aromatic N) is 2. The number of carbonyl (C=O) groups excluding carboxylic acids is 3. The number of phenolic OH excluding ortho intramolecular Hbond substituents is 1. The van der Waals surface area contributed by atoms with Crippen molar-refractivity contribution >= 4 is 29.1 Å². The fourth-order valence-electron chi connectivity index (χ4n) is 5.34. The fourth-order valence-corrected chi connectivity index (χ4v) is 5.44. The number of phenols is 1. The Bertz CT molecular complexity index is 1370. The highest BCUT2D eigenvalue weighted by atomic mass is 35.5. The van der Waals surface area contributed by atoms with Crippen molar-refractivity contribution in [3.63, 3.8) is 0 Å². The first-order chi connectivity index (χ1) is 16.1. The number of aromatic hydroxyl groups is 1. The summed E-state index contributed by atoms with van der Waals surface area (Å²) in [6, 6.07) is 2.93. The molecule has 1 aromatic heterocycles. The zero-order valence-corrected chi connectivity index (χ0v) is 18.2. The first-order valence-electron chi connectivity index (χ1n) is 10.4. The number of aliphatic hydroxyl groups excluding tert-OH is 2. The van der Waals surface area contributed by atoms with E-state index in [1.54, 1.807) is 6.07 Å². The van der Waals surface area contributed by atoms with E-state index < -0.39 is 52.0 Å². The van der Waals surface area contributed by atoms with Crippen molar-refractivity contribution in [1.82, 2.24) is 9.97 Å². The Kier molecular flexibility index (Phi) is 4.78. The second-order valence-electron chi connectivity index (χ2n) is 8.64. The molecule has 3 aliphatic carbocycles. The predicted molar refractivity (Wildman–Crippen MR) is 117 cm³/mol. The van der Waals surface area contributed by atoms with Crippen LogP contribution in [0.5, 0.6) is 5.75 Å². The topological polar surface area (TPSA) is 184 Å². The highest BCUT2D eigenvalue weighted by Crippen LogP contribution is 2.52. The molecule has 10 nitrogen and oxygen atoms in total. The molecule has 0 bridgehead atoms. The molecule has 1 aromatic carbocycles. The van der Waals surface area contributed by atoms with Crippen molar-refractivity contribution < 1.29 is 34.8 Å². The van der Waals surface area contributed by atoms with E-state index in [0.29, 0.717) is 16.7 Å². The average molecular weight is 484 g/mol. The summed E-state index contributed by atoms with van der Waals surface area (Å²) in [5.41, 5.74) is 3.12. The van der Waals surface area contributed by atoms with Crippen molar-refractivity contribution in [2.75, 3.05) is 0 Å². The predicted octanol–water partition coefficient (Wildman–Crippen LogP) is 1.69. The summed E-state index contributed by atoms with van der Waals surface area (Å²) in [6.07, 6.45) is 2.90. The summed E-state index contributed by atoms with van der Waals surface area (Å²) in [5, 5.41) is 43.1. The van der Waals surface area contributed by atoms with E-state index in [9.17, 15) is 34.8 Å². The van der Waals surface area contributed by atoms with Crippen LogP contribution in [0.15, 0.2) is 47.2 Å². The maximum atomic E-state index is 13.5. The van der Waals surface area contributed by atoms with Gasteiger partial charge in [0.1, 0.15) is 22.8 Å². The minimum absolute atomic E-state index is 0.0411. The normalized spacial score (nSPS) is 26.2. The lowest BCUT2D eigenvalue weighted by Gasteiger charge is -2.45. The lowest BCUT2D eigenvalue weighted by atomic mass is 9.60. The number of carbonyl (C=O) groups is 3. The van der Waals surface area contributed by atoms with Gasteiger partial charge in [0.05, 0.1) is 5.56 Å². The molecule has 0 saturated heterocycles. The summed E-state index contributed by atoms with van der Waals surface area (Å²) >= 11 is 5.77. The Morgan fingerprint density at radius 3 is 2.44 bits per heavy atom. The largest absolute Gasteiger partial charge is 0.511 e. The molecule has 3 aliphatic rings. The Hall–Kier alpha value is -3.76. The van der Waals surface area contributed by atoms with Crippen LogP contribution in [-0.2, 0) is 16.0 Å². The van der Waals surface area contributed by atoms with E-state index in [4.69, 9.17) is 17.3 Å². The maximum Gasteiger partial charge on any atom is 0.255 e. The minimum Gasteiger partial charge on any atom is -0.511 e. The number of fused-ring (bicyclic) bond motifs is 3. The van der Waals surface area contributed by atoms with Crippen LogP contribution >= 0.6 is 11.6 Å². The molecule has 0 fully saturated rings. The average Bonchev–Trinajstić information content (AvgIpc) is 2.77. The number of primary amides is 1. The van der Waals surface area contributed by atoms with Gasteiger partial charge in [0.2, 0.25) is 11.1 Å². The first kappa shape index (κ1) is 22.1. The van der Waals surface area contributed by atoms with Gasteiger partial charge in [-0.25, -0.2) is 9.97 Å². The molecular formula is C23H18ClN3O7. The van der Waals surface area contributed by atoms with Gasteiger partial charge in [-0.15, -0.1) is 0 Å². The second kappa shape index (κ2) is 7.37. The number of ketones is 2. The van der Waals surface area contributed by atoms with Crippen LogP contribution in [0.25, 0.3) is 11.1 Å². The number of Topliss-reactive ketones (excluding diaryl/α,β-unsaturated/α-hetero) is 2. The third-order valence-electron chi connectivity index (χ3n) is 6.88. The van der Waals surface area contributed by atoms with Crippen LogP contribution in [0.3, 0.4) is 0 Å². The molecule has 2 aromatic rings. The molecule has 174 valence electrons. The van der Waals surface area contributed by atoms with Crippen LogP contribution < -0.4 is 5.73 Å². The van der Waals surface area contributed by atoms with E-state index in [-0.39, 0.29) is 41.4 Å². The van der Waals surface area contributed by atoms with Gasteiger partial charge >= 0.3 is 0 Å². The van der Waals surface area contributed by atoms with E-state index in [1.807, 2.05) is 0 Å². The van der Waals surface area contributed by atoms with Gasteiger partial charge in [0, 0.05) is 35.9 Å². The monoisotopic (exact) mass is 483 g/mol. The smallest absolute Gasteiger partial charge is 0.255 e. The molecular weight excluding hydrogens is 466 g/mol. The lowest BCUT2D eigenvalue weighted by molar-refractivity contribution is -0.144. The molecule has 1 heterocycles. The van der Waals surface area contributed by atoms with E-state index in [0.717, 1.165) is 0 Å². The SMILES string of the molecule is NC(=O)C1=C(O)C[C@@H]2C[C@@H]3Cc4c(-c5cnc(Cl)nc5)ccc(O)c4C(=O)C3=C(O)[C@]2(O)C1=O. The molecule has 6 N–H and O–H groups in total. The molecule has 0 spiro atoms. The van der Waals surface area contributed by atoms with Crippen LogP contribution in [-0.4, -0.2) is 53.5 Å². The number of halogens is 1. The van der Waals surface area contributed by atoms with Crippen molar-refractivity contribution in [3.8, 4) is 16.9 Å². The van der Waals surface area contributed by atoms with Crippen molar-refractivity contribution in [2.24, 2.45) is 17.6 Å². The third kappa shape index (κ3) is 2.88. The van der Waals surface area contributed by atoms with Crippen molar-refractivity contribution in [3.05, 3.63) is 63.6 Å². The Labute approximate surface area is 197 Å². The van der Waals surface area contributed by atoms with Gasteiger partial charge in [0.15, 0.2) is 11.4 Å². The number of nitrogens with two attached hydrogens (primary N) is 1. The van der Waals surface area contributed by atoms with Gasteiger partial charge in [-0.2, -0.15) is 0 Å². The molecule has 5 rings (SSSR count). The lowest BCUT2D eigenvalue weighted by Crippen LogP contribution is -2.57. The number of amides is 1. The zero-order chi connectivity index (χ0) is 24.5. The van der Waals surface area contributed by atoms with Crippen molar-refractivity contribution in [1.29, 1.82) is 0 Å². The van der Waals surface area contributed by atoms with E-state index >= 15 is 0 Å². The standard InChI is InChI=1S/C23H18ClN3O7/c24-22-26-6-9(7-27-22)11-1-2-13(28)16-12(11)4-8-3-10-5-14(29)17(21(25)33)20(32)23(10,34)19(31)15(8)18(16)30/h1-2,6-8,10,28-29,31,34H,3-5H2,(H2,25,33)/t8-,10+,23+/m1/s1. The number of benzene rings is 1. The number of aliphatic hydroxyl groups is 3.